The van der Waals surface area contributed by atoms with Crippen molar-refractivity contribution in [2.24, 2.45) is 22.4 Å². The lowest BCUT2D eigenvalue weighted by Crippen LogP contribution is -2.48. The van der Waals surface area contributed by atoms with Crippen LogP contribution < -0.4 is 10.7 Å². The predicted octanol–water partition coefficient (Wildman–Crippen LogP) is 3.63. The van der Waals surface area contributed by atoms with E-state index < -0.39 is 0 Å². The minimum absolute atomic E-state index is 0.433. The van der Waals surface area contributed by atoms with E-state index in [9.17, 15) is 0 Å². The summed E-state index contributed by atoms with van der Waals surface area (Å²) in [5, 5.41) is 8.02. The highest BCUT2D eigenvalue weighted by atomic mass is 32.1. The third-order valence-electron chi connectivity index (χ3n) is 5.19. The van der Waals surface area contributed by atoms with Crippen LogP contribution in [0.2, 0.25) is 0 Å². The zero-order valence-electron chi connectivity index (χ0n) is 13.2. The Morgan fingerprint density at radius 3 is 2.82 bits per heavy atom. The number of fused-ring (bicyclic) bond motifs is 1. The highest BCUT2D eigenvalue weighted by Gasteiger charge is 2.50. The highest BCUT2D eigenvalue weighted by Crippen LogP contribution is 2.58. The Kier molecular flexibility index (Phi) is 4.30. The maximum absolute atomic E-state index is 5.25. The number of nitrogens with zero attached hydrogens (tertiary/aromatic N) is 1. The van der Waals surface area contributed by atoms with Gasteiger partial charge in [0.25, 0.3) is 0 Å². The van der Waals surface area contributed by atoms with E-state index in [1.807, 2.05) is 24.4 Å². The summed E-state index contributed by atoms with van der Waals surface area (Å²) in [5.74, 6) is 1.51. The molecule has 116 valence electrons. The van der Waals surface area contributed by atoms with Gasteiger partial charge >= 0.3 is 0 Å². The highest BCUT2D eigenvalue weighted by molar-refractivity contribution is 7.80. The van der Waals surface area contributed by atoms with Crippen LogP contribution >= 0.6 is 12.2 Å². The summed E-state index contributed by atoms with van der Waals surface area (Å²) < 4.78 is 0. The van der Waals surface area contributed by atoms with Crippen molar-refractivity contribution in [3.8, 4) is 0 Å². The third-order valence-corrected chi connectivity index (χ3v) is 5.42. The molecule has 1 saturated carbocycles. The molecule has 2 atom stereocenters. The van der Waals surface area contributed by atoms with E-state index in [0.29, 0.717) is 23.0 Å². The SMILES string of the molecule is CC1(C)[C@@H]2CC=C(/C=N\NC(=S)NCc3ccccc3)[C@@H]1C2. The van der Waals surface area contributed by atoms with Crippen LogP contribution in [-0.2, 0) is 6.54 Å². The molecule has 1 aromatic rings. The lowest BCUT2D eigenvalue weighted by atomic mass is 9.49. The van der Waals surface area contributed by atoms with Crippen molar-refractivity contribution < 1.29 is 0 Å². The van der Waals surface area contributed by atoms with Crippen molar-refractivity contribution in [2.45, 2.75) is 33.2 Å². The van der Waals surface area contributed by atoms with Gasteiger partial charge in [0.1, 0.15) is 0 Å². The van der Waals surface area contributed by atoms with Gasteiger partial charge in [-0.2, -0.15) is 5.10 Å². The molecule has 0 saturated heterocycles. The molecule has 0 spiro atoms. The molecule has 0 aromatic heterocycles. The third kappa shape index (κ3) is 3.07. The number of hydrazone groups is 1. The molecule has 0 amide bonds. The Hall–Kier alpha value is -1.68. The first kappa shape index (κ1) is 15.2. The first-order valence-electron chi connectivity index (χ1n) is 7.88. The molecular weight excluding hydrogens is 290 g/mol. The Morgan fingerprint density at radius 2 is 2.14 bits per heavy atom. The zero-order chi connectivity index (χ0) is 15.6. The molecule has 4 heteroatoms. The summed E-state index contributed by atoms with van der Waals surface area (Å²) in [4.78, 5) is 0. The molecule has 1 fully saturated rings. The molecule has 2 bridgehead atoms. The molecular formula is C18H23N3S. The van der Waals surface area contributed by atoms with Crippen LogP contribution in [-0.4, -0.2) is 11.3 Å². The van der Waals surface area contributed by atoms with Gasteiger partial charge in [0.05, 0.1) is 6.21 Å². The second-order valence-electron chi connectivity index (χ2n) is 6.78. The van der Waals surface area contributed by atoms with Crippen LogP contribution in [0.25, 0.3) is 0 Å². The fourth-order valence-corrected chi connectivity index (χ4v) is 3.65. The van der Waals surface area contributed by atoms with Crippen molar-refractivity contribution >= 4 is 23.5 Å². The van der Waals surface area contributed by atoms with Gasteiger partial charge in [0.2, 0.25) is 0 Å². The van der Waals surface area contributed by atoms with E-state index in [1.165, 1.54) is 24.0 Å². The maximum Gasteiger partial charge on any atom is 0.187 e. The molecule has 0 heterocycles. The standard InChI is InChI=1S/C18H23N3S/c1-18(2)15-9-8-14(16(18)10-15)12-20-21-17(22)19-11-13-6-4-3-5-7-13/h3-8,12,15-16H,9-11H2,1-2H3,(H2,19,21,22)/b20-12-/t15-,16+/m1/s1. The number of hydrogen-bond donors (Lipinski definition) is 2. The van der Waals surface area contributed by atoms with E-state index in [0.717, 1.165) is 5.92 Å². The number of benzene rings is 1. The fraction of sp³-hybridized carbons (Fsp3) is 0.444. The number of thiocarbonyl (C=S) groups is 1. The smallest absolute Gasteiger partial charge is 0.187 e. The Balaban J connectivity index is 1.46. The van der Waals surface area contributed by atoms with Gasteiger partial charge in [-0.15, -0.1) is 0 Å². The van der Waals surface area contributed by atoms with Gasteiger partial charge in [-0.1, -0.05) is 50.3 Å². The van der Waals surface area contributed by atoms with Crippen LogP contribution in [0.15, 0.2) is 47.1 Å². The summed E-state index contributed by atoms with van der Waals surface area (Å²) in [6.45, 7) is 5.44. The van der Waals surface area contributed by atoms with Crippen molar-refractivity contribution in [2.75, 3.05) is 0 Å². The molecule has 3 nitrogen and oxygen atoms in total. The van der Waals surface area contributed by atoms with E-state index in [2.05, 4.69) is 47.9 Å². The molecule has 0 aliphatic heterocycles. The van der Waals surface area contributed by atoms with Crippen molar-refractivity contribution in [3.63, 3.8) is 0 Å². The largest absolute Gasteiger partial charge is 0.357 e. The summed E-state index contributed by atoms with van der Waals surface area (Å²) in [6.07, 6.45) is 6.76. The molecule has 1 aromatic carbocycles. The molecule has 3 aliphatic carbocycles. The summed E-state index contributed by atoms with van der Waals surface area (Å²) in [6, 6.07) is 10.2. The topological polar surface area (TPSA) is 36.4 Å². The Labute approximate surface area is 137 Å². The van der Waals surface area contributed by atoms with Crippen molar-refractivity contribution in [1.29, 1.82) is 0 Å². The average molecular weight is 313 g/mol. The number of rotatable bonds is 4. The van der Waals surface area contributed by atoms with Gasteiger partial charge < -0.3 is 5.32 Å². The first-order chi connectivity index (χ1) is 10.6. The second-order valence-corrected chi connectivity index (χ2v) is 7.19. The minimum Gasteiger partial charge on any atom is -0.357 e. The quantitative estimate of drug-likeness (QED) is 0.506. The molecule has 0 radical (unpaired) electrons. The van der Waals surface area contributed by atoms with Gasteiger partial charge in [-0.05, 0) is 53.4 Å². The summed E-state index contributed by atoms with van der Waals surface area (Å²) in [7, 11) is 0. The fourth-order valence-electron chi connectivity index (χ4n) is 3.53. The normalized spacial score (nSPS) is 25.3. The monoisotopic (exact) mass is 313 g/mol. The van der Waals surface area contributed by atoms with E-state index in [-0.39, 0.29) is 0 Å². The van der Waals surface area contributed by atoms with Gasteiger partial charge in [-0.3, -0.25) is 5.43 Å². The zero-order valence-corrected chi connectivity index (χ0v) is 14.0. The Morgan fingerprint density at radius 1 is 1.36 bits per heavy atom. The molecule has 22 heavy (non-hydrogen) atoms. The first-order valence-corrected chi connectivity index (χ1v) is 8.29. The summed E-state index contributed by atoms with van der Waals surface area (Å²) >= 11 is 5.25. The van der Waals surface area contributed by atoms with Crippen LogP contribution in [0.5, 0.6) is 0 Å². The van der Waals surface area contributed by atoms with Crippen LogP contribution in [0, 0.1) is 17.3 Å². The second kappa shape index (κ2) is 6.21. The van der Waals surface area contributed by atoms with Gasteiger partial charge in [0, 0.05) is 6.54 Å². The van der Waals surface area contributed by atoms with Crippen molar-refractivity contribution in [3.05, 3.63) is 47.5 Å². The number of allylic oxidation sites excluding steroid dienone is 2. The van der Waals surface area contributed by atoms with Gasteiger partial charge in [-0.25, -0.2) is 0 Å². The van der Waals surface area contributed by atoms with Crippen LogP contribution in [0.4, 0.5) is 0 Å². The van der Waals surface area contributed by atoms with E-state index in [4.69, 9.17) is 12.2 Å². The molecule has 3 aliphatic rings. The lowest BCUT2D eigenvalue weighted by Gasteiger charge is -2.55. The van der Waals surface area contributed by atoms with E-state index >= 15 is 0 Å². The minimum atomic E-state index is 0.433. The van der Waals surface area contributed by atoms with Crippen LogP contribution in [0.1, 0.15) is 32.3 Å². The molecule has 4 rings (SSSR count). The van der Waals surface area contributed by atoms with Crippen LogP contribution in [0.3, 0.4) is 0 Å². The van der Waals surface area contributed by atoms with Gasteiger partial charge in [0.15, 0.2) is 5.11 Å². The maximum atomic E-state index is 5.25. The summed E-state index contributed by atoms with van der Waals surface area (Å²) in [5.41, 5.74) is 5.90. The predicted molar refractivity (Wildman–Crippen MR) is 95.6 cm³/mol. The molecule has 0 unspecified atom stereocenters. The lowest BCUT2D eigenvalue weighted by molar-refractivity contribution is -0.00126. The number of nitrogens with one attached hydrogen (secondary N) is 2. The average Bonchev–Trinajstić information content (AvgIpc) is 2.54. The number of hydrogen-bond acceptors (Lipinski definition) is 2. The van der Waals surface area contributed by atoms with Crippen molar-refractivity contribution in [1.82, 2.24) is 10.7 Å². The molecule has 2 N–H and O–H groups in total. The Bertz CT molecular complexity index is 604. The van der Waals surface area contributed by atoms with E-state index in [1.54, 1.807) is 0 Å².